The highest BCUT2D eigenvalue weighted by atomic mass is 16.5. The first-order valence-corrected chi connectivity index (χ1v) is 7.05. The Balaban J connectivity index is 1.97. The van der Waals surface area contributed by atoms with Gasteiger partial charge in [0.15, 0.2) is 0 Å². The average Bonchev–Trinajstić information content (AvgIpc) is 2.70. The fourth-order valence-corrected chi connectivity index (χ4v) is 3.61. The normalized spacial score (nSPS) is 28.5. The van der Waals surface area contributed by atoms with Crippen LogP contribution in [0.2, 0.25) is 0 Å². The summed E-state index contributed by atoms with van der Waals surface area (Å²) in [7, 11) is 1.36. The van der Waals surface area contributed by atoms with Crippen molar-refractivity contribution in [2.45, 2.75) is 43.9 Å². The zero-order valence-electron chi connectivity index (χ0n) is 11.6. The van der Waals surface area contributed by atoms with Crippen LogP contribution in [0.5, 0.6) is 0 Å². The van der Waals surface area contributed by atoms with Gasteiger partial charge in [0.05, 0.1) is 30.2 Å². The lowest BCUT2D eigenvalue weighted by molar-refractivity contribution is 0.0602. The van der Waals surface area contributed by atoms with Crippen molar-refractivity contribution < 1.29 is 14.6 Å². The van der Waals surface area contributed by atoms with Gasteiger partial charge in [0.25, 0.3) is 0 Å². The van der Waals surface area contributed by atoms with E-state index in [1.807, 2.05) is 12.1 Å². The highest BCUT2D eigenvalue weighted by Gasteiger charge is 2.41. The molecular weight excluding hydrogens is 256 g/mol. The molecule has 0 spiro atoms. The largest absolute Gasteiger partial charge is 0.465 e. The van der Waals surface area contributed by atoms with Crippen molar-refractivity contribution in [3.63, 3.8) is 0 Å². The first-order valence-electron chi connectivity index (χ1n) is 7.05. The Hall–Kier alpha value is -1.75. The van der Waals surface area contributed by atoms with Crippen LogP contribution in [0, 0.1) is 0 Å². The van der Waals surface area contributed by atoms with Gasteiger partial charge in [-0.15, -0.1) is 0 Å². The number of benzene rings is 1. The van der Waals surface area contributed by atoms with Crippen molar-refractivity contribution in [2.24, 2.45) is 0 Å². The van der Waals surface area contributed by atoms with E-state index in [9.17, 15) is 9.90 Å². The smallest absolute Gasteiger partial charge is 0.340 e. The number of hydrogen-bond acceptors (Lipinski definition) is 5. The lowest BCUT2D eigenvalue weighted by atomic mass is 9.98. The monoisotopic (exact) mass is 276 g/mol. The Morgan fingerprint density at radius 1 is 1.35 bits per heavy atom. The SMILES string of the molecule is COC(=O)c1cccc(N2C3CCC2CC(O)C3)c1N. The van der Waals surface area contributed by atoms with Crippen LogP contribution in [0.25, 0.3) is 0 Å². The van der Waals surface area contributed by atoms with Crippen LogP contribution in [0.1, 0.15) is 36.0 Å². The average molecular weight is 276 g/mol. The lowest BCUT2D eigenvalue weighted by Crippen LogP contribution is -2.45. The molecule has 2 atom stereocenters. The predicted octanol–water partition coefficient (Wildman–Crippen LogP) is 1.55. The maximum Gasteiger partial charge on any atom is 0.340 e. The molecule has 2 unspecified atom stereocenters. The number of rotatable bonds is 2. The lowest BCUT2D eigenvalue weighted by Gasteiger charge is -2.39. The molecule has 0 amide bonds. The van der Waals surface area contributed by atoms with Gasteiger partial charge >= 0.3 is 5.97 Å². The summed E-state index contributed by atoms with van der Waals surface area (Å²) in [5, 5.41) is 9.87. The number of methoxy groups -OCH3 is 1. The molecular formula is C15H20N2O3. The summed E-state index contributed by atoms with van der Waals surface area (Å²) < 4.78 is 4.77. The molecule has 2 fully saturated rings. The molecule has 5 nitrogen and oxygen atoms in total. The first-order chi connectivity index (χ1) is 9.61. The fourth-order valence-electron chi connectivity index (χ4n) is 3.61. The molecule has 0 saturated carbocycles. The molecule has 2 saturated heterocycles. The van der Waals surface area contributed by atoms with Crippen molar-refractivity contribution in [2.75, 3.05) is 17.7 Å². The number of nitrogen functional groups attached to an aromatic ring is 1. The van der Waals surface area contributed by atoms with Gasteiger partial charge < -0.3 is 20.5 Å². The van der Waals surface area contributed by atoms with E-state index in [0.29, 0.717) is 23.3 Å². The maximum absolute atomic E-state index is 11.7. The quantitative estimate of drug-likeness (QED) is 0.633. The molecule has 0 aromatic heterocycles. The van der Waals surface area contributed by atoms with Crippen molar-refractivity contribution in [3.05, 3.63) is 23.8 Å². The van der Waals surface area contributed by atoms with Crippen LogP contribution in [0.3, 0.4) is 0 Å². The number of hydrogen-bond donors (Lipinski definition) is 2. The number of esters is 1. The minimum atomic E-state index is -0.409. The van der Waals surface area contributed by atoms with Crippen molar-refractivity contribution >= 4 is 17.3 Å². The third kappa shape index (κ3) is 2.02. The first kappa shape index (κ1) is 13.2. The molecule has 2 bridgehead atoms. The van der Waals surface area contributed by atoms with Crippen LogP contribution in [0.4, 0.5) is 11.4 Å². The van der Waals surface area contributed by atoms with E-state index in [-0.39, 0.29) is 6.10 Å². The number of piperidine rings is 1. The number of para-hydroxylation sites is 1. The Morgan fingerprint density at radius 3 is 2.60 bits per heavy atom. The molecule has 0 aliphatic carbocycles. The number of fused-ring (bicyclic) bond motifs is 2. The van der Waals surface area contributed by atoms with E-state index in [2.05, 4.69) is 4.90 Å². The number of aliphatic hydroxyl groups is 1. The Morgan fingerprint density at radius 2 is 2.00 bits per heavy atom. The summed E-state index contributed by atoms with van der Waals surface area (Å²) in [6.45, 7) is 0. The van der Waals surface area contributed by atoms with Crippen molar-refractivity contribution in [1.29, 1.82) is 0 Å². The van der Waals surface area contributed by atoms with Gasteiger partial charge in [0, 0.05) is 12.1 Å². The number of ether oxygens (including phenoxy) is 1. The highest BCUT2D eigenvalue weighted by Crippen LogP contribution is 2.42. The van der Waals surface area contributed by atoms with Crippen LogP contribution >= 0.6 is 0 Å². The summed E-state index contributed by atoms with van der Waals surface area (Å²) in [6.07, 6.45) is 3.48. The zero-order chi connectivity index (χ0) is 14.3. The third-order valence-corrected chi connectivity index (χ3v) is 4.47. The number of nitrogens with two attached hydrogens (primary N) is 1. The van der Waals surface area contributed by atoms with Gasteiger partial charge in [-0.25, -0.2) is 4.79 Å². The zero-order valence-corrected chi connectivity index (χ0v) is 11.6. The molecule has 20 heavy (non-hydrogen) atoms. The van der Waals surface area contributed by atoms with E-state index in [4.69, 9.17) is 10.5 Å². The number of aliphatic hydroxyl groups excluding tert-OH is 1. The number of anilines is 2. The van der Waals surface area contributed by atoms with E-state index in [1.54, 1.807) is 6.07 Å². The van der Waals surface area contributed by atoms with E-state index >= 15 is 0 Å². The van der Waals surface area contributed by atoms with Gasteiger partial charge in [-0.3, -0.25) is 0 Å². The molecule has 1 aromatic rings. The van der Waals surface area contributed by atoms with Gasteiger partial charge in [-0.05, 0) is 37.8 Å². The van der Waals surface area contributed by atoms with E-state index in [0.717, 1.165) is 31.4 Å². The molecule has 3 N–H and O–H groups in total. The molecule has 3 rings (SSSR count). The topological polar surface area (TPSA) is 75.8 Å². The summed E-state index contributed by atoms with van der Waals surface area (Å²) in [4.78, 5) is 14.0. The molecule has 1 aromatic carbocycles. The van der Waals surface area contributed by atoms with Gasteiger partial charge in [-0.2, -0.15) is 0 Å². The van der Waals surface area contributed by atoms with E-state index < -0.39 is 5.97 Å². The summed E-state index contributed by atoms with van der Waals surface area (Å²) >= 11 is 0. The molecule has 108 valence electrons. The molecule has 2 aliphatic rings. The number of carbonyl (C=O) groups excluding carboxylic acids is 1. The fraction of sp³-hybridized carbons (Fsp3) is 0.533. The molecule has 0 radical (unpaired) electrons. The number of carbonyl (C=O) groups is 1. The van der Waals surface area contributed by atoms with E-state index in [1.165, 1.54) is 7.11 Å². The minimum absolute atomic E-state index is 0.214. The maximum atomic E-state index is 11.7. The summed E-state index contributed by atoms with van der Waals surface area (Å²) in [5.74, 6) is -0.409. The summed E-state index contributed by atoms with van der Waals surface area (Å²) in [5.41, 5.74) is 7.96. The third-order valence-electron chi connectivity index (χ3n) is 4.47. The van der Waals surface area contributed by atoms with Crippen LogP contribution in [-0.4, -0.2) is 36.4 Å². The molecule has 2 aliphatic heterocycles. The van der Waals surface area contributed by atoms with Crippen LogP contribution in [0.15, 0.2) is 18.2 Å². The second-order valence-corrected chi connectivity index (χ2v) is 5.65. The number of nitrogens with zero attached hydrogens (tertiary/aromatic N) is 1. The van der Waals surface area contributed by atoms with Crippen LogP contribution in [-0.2, 0) is 4.74 Å². The standard InChI is InChI=1S/C15H20N2O3/c1-20-15(19)12-3-2-4-13(14(12)16)17-9-5-6-10(17)8-11(18)7-9/h2-4,9-11,18H,5-8,16H2,1H3. The van der Waals surface area contributed by atoms with Crippen LogP contribution < -0.4 is 10.6 Å². The summed E-state index contributed by atoms with van der Waals surface area (Å²) in [6, 6.07) is 6.11. The van der Waals surface area contributed by atoms with Crippen molar-refractivity contribution in [1.82, 2.24) is 0 Å². The Bertz CT molecular complexity index is 518. The second kappa shape index (κ2) is 4.98. The minimum Gasteiger partial charge on any atom is -0.465 e. The van der Waals surface area contributed by atoms with Crippen molar-refractivity contribution in [3.8, 4) is 0 Å². The van der Waals surface area contributed by atoms with Gasteiger partial charge in [-0.1, -0.05) is 6.07 Å². The molecule has 2 heterocycles. The van der Waals surface area contributed by atoms with Gasteiger partial charge in [0.1, 0.15) is 0 Å². The predicted molar refractivity (Wildman–Crippen MR) is 76.7 cm³/mol. The second-order valence-electron chi connectivity index (χ2n) is 5.65. The molecule has 5 heteroatoms. The Labute approximate surface area is 118 Å². The van der Waals surface area contributed by atoms with Gasteiger partial charge in [0.2, 0.25) is 0 Å². The highest BCUT2D eigenvalue weighted by molar-refractivity contribution is 5.98. The Kier molecular flexibility index (Phi) is 3.30.